The van der Waals surface area contributed by atoms with Crippen molar-refractivity contribution in [1.82, 2.24) is 4.98 Å². The van der Waals surface area contributed by atoms with Crippen LogP contribution in [0.15, 0.2) is 45.6 Å². The maximum absolute atomic E-state index is 13.2. The van der Waals surface area contributed by atoms with Gasteiger partial charge in [-0.15, -0.1) is 0 Å². The summed E-state index contributed by atoms with van der Waals surface area (Å²) in [6.07, 6.45) is -4.77. The highest BCUT2D eigenvalue weighted by Gasteiger charge is 2.35. The first-order valence-corrected chi connectivity index (χ1v) is 8.20. The molecule has 0 saturated carbocycles. The summed E-state index contributed by atoms with van der Waals surface area (Å²) in [5.74, 6) is -1.09. The number of hydrogen-bond acceptors (Lipinski definition) is 4. The van der Waals surface area contributed by atoms with E-state index < -0.39 is 34.3 Å². The Balaban J connectivity index is 2.08. The lowest BCUT2D eigenvalue weighted by atomic mass is 10.1. The lowest BCUT2D eigenvalue weighted by Crippen LogP contribution is -2.31. The standard InChI is InChI=1S/C19H14F3N3O3/c1-11-3-5-12(6-4-11)25(8-2-7-23)18(27)15-9-13-14(19(20,21)22)10-16(26)24-17(13)28-15/h3-6,9-10H,2,8H2,1H3,(H,24,26). The fraction of sp³-hybridized carbons (Fsp3) is 0.211. The van der Waals surface area contributed by atoms with Gasteiger partial charge in [0.05, 0.1) is 23.4 Å². The summed E-state index contributed by atoms with van der Waals surface area (Å²) in [5, 5.41) is 8.44. The van der Waals surface area contributed by atoms with Crippen molar-refractivity contribution in [1.29, 1.82) is 5.26 Å². The third-order valence-electron chi connectivity index (χ3n) is 4.09. The van der Waals surface area contributed by atoms with Gasteiger partial charge in [0.1, 0.15) is 0 Å². The van der Waals surface area contributed by atoms with Crippen LogP contribution >= 0.6 is 0 Å². The molecule has 9 heteroatoms. The molecule has 1 amide bonds. The van der Waals surface area contributed by atoms with Crippen molar-refractivity contribution >= 4 is 22.7 Å². The van der Waals surface area contributed by atoms with Gasteiger partial charge in [0.15, 0.2) is 5.76 Å². The number of pyridine rings is 1. The summed E-state index contributed by atoms with van der Waals surface area (Å²) in [6, 6.07) is 10.1. The van der Waals surface area contributed by atoms with Crippen molar-refractivity contribution in [3.8, 4) is 6.07 Å². The molecule has 0 saturated heterocycles. The van der Waals surface area contributed by atoms with Gasteiger partial charge in [-0.3, -0.25) is 14.6 Å². The highest BCUT2D eigenvalue weighted by Crippen LogP contribution is 2.34. The number of carbonyl (C=O) groups is 1. The molecule has 2 aromatic heterocycles. The average molecular weight is 389 g/mol. The van der Waals surface area contributed by atoms with Crippen LogP contribution in [0.3, 0.4) is 0 Å². The number of aryl methyl sites for hydroxylation is 1. The molecule has 6 nitrogen and oxygen atoms in total. The molecule has 28 heavy (non-hydrogen) atoms. The van der Waals surface area contributed by atoms with Crippen LogP contribution in [0.2, 0.25) is 0 Å². The Morgan fingerprint density at radius 1 is 1.25 bits per heavy atom. The van der Waals surface area contributed by atoms with E-state index in [0.29, 0.717) is 11.8 Å². The molecule has 0 bridgehead atoms. The first kappa shape index (κ1) is 19.2. The number of aromatic amines is 1. The molecule has 0 aliphatic carbocycles. The Labute approximate surface area is 156 Å². The number of alkyl halides is 3. The predicted octanol–water partition coefficient (Wildman–Crippen LogP) is 4.01. The summed E-state index contributed by atoms with van der Waals surface area (Å²) in [6.45, 7) is 1.89. The second kappa shape index (κ2) is 7.23. The number of furan rings is 1. The van der Waals surface area contributed by atoms with Crippen molar-refractivity contribution in [3.63, 3.8) is 0 Å². The zero-order chi connectivity index (χ0) is 20.5. The number of rotatable bonds is 4. The topological polar surface area (TPSA) is 90.1 Å². The number of H-pyrrole nitrogens is 1. The largest absolute Gasteiger partial charge is 0.434 e. The van der Waals surface area contributed by atoms with E-state index in [1.807, 2.05) is 13.0 Å². The fourth-order valence-electron chi connectivity index (χ4n) is 2.75. The molecule has 0 spiro atoms. The van der Waals surface area contributed by atoms with Crippen molar-refractivity contribution in [2.75, 3.05) is 11.4 Å². The van der Waals surface area contributed by atoms with Gasteiger partial charge in [-0.2, -0.15) is 18.4 Å². The number of fused-ring (bicyclic) bond motifs is 1. The van der Waals surface area contributed by atoms with E-state index in [-0.39, 0.29) is 18.7 Å². The van der Waals surface area contributed by atoms with E-state index in [4.69, 9.17) is 9.68 Å². The number of hydrogen-bond donors (Lipinski definition) is 1. The second-order valence-corrected chi connectivity index (χ2v) is 6.10. The zero-order valence-corrected chi connectivity index (χ0v) is 14.6. The SMILES string of the molecule is Cc1ccc(N(CCC#N)C(=O)c2cc3c(C(F)(F)F)cc(=O)[nH]c3o2)cc1. The quantitative estimate of drug-likeness (QED) is 0.730. The molecule has 1 aromatic carbocycles. The van der Waals surface area contributed by atoms with Gasteiger partial charge in [-0.25, -0.2) is 0 Å². The van der Waals surface area contributed by atoms with E-state index in [2.05, 4.69) is 4.98 Å². The molecule has 0 unspecified atom stereocenters. The highest BCUT2D eigenvalue weighted by molar-refractivity contribution is 6.06. The number of benzene rings is 1. The van der Waals surface area contributed by atoms with Crippen LogP contribution in [0, 0.1) is 18.3 Å². The van der Waals surface area contributed by atoms with Crippen molar-refractivity contribution < 1.29 is 22.4 Å². The van der Waals surface area contributed by atoms with Crippen LogP contribution in [0.5, 0.6) is 0 Å². The van der Waals surface area contributed by atoms with E-state index in [9.17, 15) is 22.8 Å². The molecule has 0 aliphatic heterocycles. The van der Waals surface area contributed by atoms with Gasteiger partial charge in [0.2, 0.25) is 5.71 Å². The monoisotopic (exact) mass is 389 g/mol. The van der Waals surface area contributed by atoms with Crippen LogP contribution in [-0.4, -0.2) is 17.4 Å². The van der Waals surface area contributed by atoms with Gasteiger partial charge < -0.3 is 9.32 Å². The first-order valence-electron chi connectivity index (χ1n) is 8.20. The lowest BCUT2D eigenvalue weighted by Gasteiger charge is -2.20. The third-order valence-corrected chi connectivity index (χ3v) is 4.09. The van der Waals surface area contributed by atoms with Gasteiger partial charge in [-0.1, -0.05) is 17.7 Å². The van der Waals surface area contributed by atoms with Gasteiger partial charge in [0, 0.05) is 18.3 Å². The van der Waals surface area contributed by atoms with Gasteiger partial charge >= 0.3 is 6.18 Å². The highest BCUT2D eigenvalue weighted by atomic mass is 19.4. The van der Waals surface area contributed by atoms with Crippen LogP contribution in [0.1, 0.15) is 28.1 Å². The molecule has 144 valence electrons. The second-order valence-electron chi connectivity index (χ2n) is 6.10. The molecule has 3 rings (SSSR count). The van der Waals surface area contributed by atoms with E-state index in [1.165, 1.54) is 4.90 Å². The van der Waals surface area contributed by atoms with Crippen LogP contribution in [0.25, 0.3) is 11.1 Å². The molecular weight excluding hydrogens is 375 g/mol. The number of anilines is 1. The molecular formula is C19H14F3N3O3. The van der Waals surface area contributed by atoms with Crippen LogP contribution < -0.4 is 10.5 Å². The summed E-state index contributed by atoms with van der Waals surface area (Å²) >= 11 is 0. The van der Waals surface area contributed by atoms with Crippen LogP contribution in [0.4, 0.5) is 18.9 Å². The normalized spacial score (nSPS) is 11.4. The van der Waals surface area contributed by atoms with Crippen LogP contribution in [-0.2, 0) is 6.18 Å². The molecule has 1 N–H and O–H groups in total. The Morgan fingerprint density at radius 3 is 2.54 bits per heavy atom. The first-order chi connectivity index (χ1) is 13.2. The number of nitrogens with zero attached hydrogens (tertiary/aromatic N) is 2. The number of nitrogens with one attached hydrogen (secondary N) is 1. The van der Waals surface area contributed by atoms with Gasteiger partial charge in [-0.05, 0) is 25.1 Å². The number of aromatic nitrogens is 1. The number of nitriles is 1. The van der Waals surface area contributed by atoms with Crippen molar-refractivity contribution in [3.05, 3.63) is 63.6 Å². The fourth-order valence-corrected chi connectivity index (χ4v) is 2.75. The minimum atomic E-state index is -4.78. The summed E-state index contributed by atoms with van der Waals surface area (Å²) in [7, 11) is 0. The van der Waals surface area contributed by atoms with Gasteiger partial charge in [0.25, 0.3) is 11.5 Å². The van der Waals surface area contributed by atoms with E-state index >= 15 is 0 Å². The van der Waals surface area contributed by atoms with E-state index in [0.717, 1.165) is 11.6 Å². The van der Waals surface area contributed by atoms with E-state index in [1.54, 1.807) is 24.3 Å². The number of amides is 1. The van der Waals surface area contributed by atoms with Crippen molar-refractivity contribution in [2.45, 2.75) is 19.5 Å². The molecule has 0 fully saturated rings. The molecule has 0 aliphatic rings. The Kier molecular flexibility index (Phi) is 4.96. The molecule has 0 atom stereocenters. The minimum absolute atomic E-state index is 0.0183. The molecule has 3 aromatic rings. The maximum atomic E-state index is 13.2. The summed E-state index contributed by atoms with van der Waals surface area (Å²) < 4.78 is 44.9. The smallest absolute Gasteiger partial charge is 0.417 e. The lowest BCUT2D eigenvalue weighted by molar-refractivity contribution is -0.136. The van der Waals surface area contributed by atoms with Crippen molar-refractivity contribution in [2.24, 2.45) is 0 Å². The average Bonchev–Trinajstić information content (AvgIpc) is 3.05. The zero-order valence-electron chi connectivity index (χ0n) is 14.6. The predicted molar refractivity (Wildman–Crippen MR) is 94.9 cm³/mol. The molecule has 2 heterocycles. The molecule has 0 radical (unpaired) electrons. The number of carbonyl (C=O) groups excluding carboxylic acids is 1. The maximum Gasteiger partial charge on any atom is 0.417 e. The Bertz CT molecular complexity index is 1120. The summed E-state index contributed by atoms with van der Waals surface area (Å²) in [5.41, 5.74) is -1.20. The Hall–Kier alpha value is -3.54. The Morgan fingerprint density at radius 2 is 1.93 bits per heavy atom. The summed E-state index contributed by atoms with van der Waals surface area (Å²) in [4.78, 5) is 27.8. The number of halogens is 3. The minimum Gasteiger partial charge on any atom is -0.434 e. The third kappa shape index (κ3) is 3.76.